The molecule has 5 nitrogen and oxygen atoms in total. The highest BCUT2D eigenvalue weighted by molar-refractivity contribution is 7.17. The number of thiazole rings is 1. The van der Waals surface area contributed by atoms with Crippen LogP contribution in [0.5, 0.6) is 0 Å². The van der Waals surface area contributed by atoms with E-state index in [1.807, 2.05) is 13.8 Å². The second-order valence-corrected chi connectivity index (χ2v) is 8.33. The van der Waals surface area contributed by atoms with E-state index in [0.29, 0.717) is 10.9 Å². The fourth-order valence-electron chi connectivity index (χ4n) is 3.51. The number of hydrogen-bond acceptors (Lipinski definition) is 4. The number of nitrogens with zero attached hydrogens (tertiary/aromatic N) is 3. The first-order valence-corrected chi connectivity index (χ1v) is 9.43. The van der Waals surface area contributed by atoms with Crippen LogP contribution in [0.2, 0.25) is 0 Å². The average Bonchev–Trinajstić information content (AvgIpc) is 2.85. The Morgan fingerprint density at radius 2 is 2.00 bits per heavy atom. The molecule has 2 heterocycles. The summed E-state index contributed by atoms with van der Waals surface area (Å²) >= 11 is 1.48. The summed E-state index contributed by atoms with van der Waals surface area (Å²) in [6.45, 7) is 6.86. The van der Waals surface area contributed by atoms with E-state index in [4.69, 9.17) is 0 Å². The first-order valence-electron chi connectivity index (χ1n) is 8.61. The molecular formula is C18H25N3O2S. The Kier molecular flexibility index (Phi) is 4.76. The van der Waals surface area contributed by atoms with Crippen molar-refractivity contribution in [2.24, 2.45) is 11.8 Å². The van der Waals surface area contributed by atoms with Gasteiger partial charge in [0.05, 0.1) is 0 Å². The highest BCUT2D eigenvalue weighted by Gasteiger charge is 2.24. The molecule has 1 saturated carbocycles. The zero-order chi connectivity index (χ0) is 17.4. The molecular weight excluding hydrogens is 322 g/mol. The van der Waals surface area contributed by atoms with Crippen LogP contribution in [0.25, 0.3) is 4.96 Å². The molecule has 130 valence electrons. The molecule has 0 saturated heterocycles. The molecule has 2 aromatic heterocycles. The molecule has 0 spiro atoms. The van der Waals surface area contributed by atoms with Crippen LogP contribution in [0.15, 0.2) is 11.0 Å². The minimum absolute atomic E-state index is 0.167. The molecule has 24 heavy (non-hydrogen) atoms. The highest BCUT2D eigenvalue weighted by Crippen LogP contribution is 2.28. The lowest BCUT2D eigenvalue weighted by Crippen LogP contribution is -2.37. The summed E-state index contributed by atoms with van der Waals surface area (Å²) in [4.78, 5) is 33.2. The number of rotatable bonds is 3. The fraction of sp³-hybridized carbons (Fsp3) is 0.611. The van der Waals surface area contributed by atoms with Crippen LogP contribution in [-0.2, 0) is 0 Å². The van der Waals surface area contributed by atoms with Gasteiger partial charge in [0.1, 0.15) is 5.56 Å². The minimum Gasteiger partial charge on any atom is -0.341 e. The minimum atomic E-state index is -0.254. The summed E-state index contributed by atoms with van der Waals surface area (Å²) < 4.78 is 1.56. The van der Waals surface area contributed by atoms with Crippen molar-refractivity contribution in [3.05, 3.63) is 32.7 Å². The quantitative estimate of drug-likeness (QED) is 0.856. The number of aryl methyl sites for hydroxylation is 2. The topological polar surface area (TPSA) is 54.7 Å². The molecule has 3 rings (SSSR count). The predicted molar refractivity (Wildman–Crippen MR) is 96.9 cm³/mol. The monoisotopic (exact) mass is 347 g/mol. The van der Waals surface area contributed by atoms with Gasteiger partial charge in [-0.2, -0.15) is 0 Å². The van der Waals surface area contributed by atoms with Crippen molar-refractivity contribution in [2.75, 3.05) is 13.6 Å². The Morgan fingerprint density at radius 3 is 2.67 bits per heavy atom. The third-order valence-corrected chi connectivity index (χ3v) is 6.33. The molecule has 0 aromatic carbocycles. The van der Waals surface area contributed by atoms with Crippen LogP contribution in [-0.4, -0.2) is 33.8 Å². The van der Waals surface area contributed by atoms with Crippen LogP contribution in [0.3, 0.4) is 0 Å². The van der Waals surface area contributed by atoms with Gasteiger partial charge in [-0.3, -0.25) is 14.0 Å². The van der Waals surface area contributed by atoms with E-state index in [2.05, 4.69) is 11.9 Å². The van der Waals surface area contributed by atoms with Gasteiger partial charge < -0.3 is 4.90 Å². The third kappa shape index (κ3) is 3.11. The summed E-state index contributed by atoms with van der Waals surface area (Å²) in [6, 6.07) is 0. The van der Waals surface area contributed by atoms with Crippen LogP contribution >= 0.6 is 11.3 Å². The highest BCUT2D eigenvalue weighted by atomic mass is 32.1. The van der Waals surface area contributed by atoms with E-state index in [0.717, 1.165) is 35.9 Å². The molecule has 0 N–H and O–H groups in total. The van der Waals surface area contributed by atoms with Gasteiger partial charge >= 0.3 is 0 Å². The molecule has 0 atom stereocenters. The summed E-state index contributed by atoms with van der Waals surface area (Å²) in [5.74, 6) is 1.12. The Balaban J connectivity index is 1.82. The van der Waals surface area contributed by atoms with Gasteiger partial charge in [0.25, 0.3) is 11.5 Å². The van der Waals surface area contributed by atoms with Gasteiger partial charge in [-0.05, 0) is 38.5 Å². The molecule has 6 heteroatoms. The number of amides is 1. The second kappa shape index (κ2) is 6.67. The number of carbonyl (C=O) groups excluding carboxylic acids is 1. The van der Waals surface area contributed by atoms with E-state index in [-0.39, 0.29) is 17.0 Å². The number of hydrogen-bond donors (Lipinski definition) is 0. The molecule has 1 aliphatic carbocycles. The zero-order valence-corrected chi connectivity index (χ0v) is 15.7. The Labute approximate surface area is 146 Å². The maximum absolute atomic E-state index is 12.7. The van der Waals surface area contributed by atoms with Crippen molar-refractivity contribution in [2.45, 2.75) is 46.5 Å². The van der Waals surface area contributed by atoms with Crippen LogP contribution in [0, 0.1) is 25.7 Å². The molecule has 0 bridgehead atoms. The SMILES string of the molecule is Cc1sc2ncc(C(=O)N(C)CC3CCC(C)CC3)c(=O)n2c1C. The van der Waals surface area contributed by atoms with E-state index in [9.17, 15) is 9.59 Å². The van der Waals surface area contributed by atoms with Crippen molar-refractivity contribution >= 4 is 22.2 Å². The first kappa shape index (κ1) is 17.1. The van der Waals surface area contributed by atoms with Crippen molar-refractivity contribution in [1.82, 2.24) is 14.3 Å². The largest absolute Gasteiger partial charge is 0.341 e. The van der Waals surface area contributed by atoms with E-state index in [1.54, 1.807) is 16.3 Å². The van der Waals surface area contributed by atoms with Gasteiger partial charge in [-0.1, -0.05) is 19.8 Å². The predicted octanol–water partition coefficient (Wildman–Crippen LogP) is 3.27. The molecule has 0 radical (unpaired) electrons. The van der Waals surface area contributed by atoms with Crippen LogP contribution < -0.4 is 5.56 Å². The van der Waals surface area contributed by atoms with Gasteiger partial charge in [-0.25, -0.2) is 4.98 Å². The average molecular weight is 347 g/mol. The fourth-order valence-corrected chi connectivity index (χ4v) is 4.44. The lowest BCUT2D eigenvalue weighted by molar-refractivity contribution is 0.0752. The van der Waals surface area contributed by atoms with Gasteiger partial charge in [0.15, 0.2) is 4.96 Å². The van der Waals surface area contributed by atoms with Gasteiger partial charge in [0.2, 0.25) is 0 Å². The Bertz CT molecular complexity index is 816. The normalized spacial score (nSPS) is 21.2. The lowest BCUT2D eigenvalue weighted by Gasteiger charge is -2.29. The number of aromatic nitrogens is 2. The maximum atomic E-state index is 12.7. The van der Waals surface area contributed by atoms with Gasteiger partial charge in [-0.15, -0.1) is 11.3 Å². The first-order chi connectivity index (χ1) is 11.4. The number of carbonyl (C=O) groups is 1. The summed E-state index contributed by atoms with van der Waals surface area (Å²) in [5, 5.41) is 0. The Hall–Kier alpha value is -1.69. The maximum Gasteiger partial charge on any atom is 0.271 e. The second-order valence-electron chi connectivity index (χ2n) is 7.15. The van der Waals surface area contributed by atoms with Gasteiger partial charge in [0, 0.05) is 30.4 Å². The molecule has 1 amide bonds. The standard InChI is InChI=1S/C18H25N3O2S/c1-11-5-7-14(8-6-11)10-20(4)16(22)15-9-19-18-21(17(15)23)12(2)13(3)24-18/h9,11,14H,5-8,10H2,1-4H3. The lowest BCUT2D eigenvalue weighted by atomic mass is 9.83. The Morgan fingerprint density at radius 1 is 1.33 bits per heavy atom. The summed E-state index contributed by atoms with van der Waals surface area (Å²) in [7, 11) is 1.79. The van der Waals surface area contributed by atoms with Crippen molar-refractivity contribution < 1.29 is 4.79 Å². The van der Waals surface area contributed by atoms with Crippen molar-refractivity contribution in [3.8, 4) is 0 Å². The summed E-state index contributed by atoms with van der Waals surface area (Å²) in [5.41, 5.74) is 0.780. The molecule has 1 fully saturated rings. The van der Waals surface area contributed by atoms with E-state index in [1.165, 1.54) is 30.4 Å². The van der Waals surface area contributed by atoms with Crippen LogP contribution in [0.4, 0.5) is 0 Å². The zero-order valence-electron chi connectivity index (χ0n) is 14.8. The molecule has 2 aromatic rings. The van der Waals surface area contributed by atoms with E-state index >= 15 is 0 Å². The molecule has 0 unspecified atom stereocenters. The van der Waals surface area contributed by atoms with Crippen molar-refractivity contribution in [3.63, 3.8) is 0 Å². The summed E-state index contributed by atoms with van der Waals surface area (Å²) in [6.07, 6.45) is 6.23. The third-order valence-electron chi connectivity index (χ3n) is 5.26. The van der Waals surface area contributed by atoms with Crippen LogP contribution in [0.1, 0.15) is 53.5 Å². The smallest absolute Gasteiger partial charge is 0.271 e. The molecule has 1 aliphatic rings. The van der Waals surface area contributed by atoms with E-state index < -0.39 is 0 Å². The molecule has 0 aliphatic heterocycles. The number of fused-ring (bicyclic) bond motifs is 1. The van der Waals surface area contributed by atoms with Crippen molar-refractivity contribution in [1.29, 1.82) is 0 Å².